The van der Waals surface area contributed by atoms with Crippen molar-refractivity contribution in [3.05, 3.63) is 71.8 Å². The lowest BCUT2D eigenvalue weighted by molar-refractivity contribution is -0.250. The molecule has 7 nitrogen and oxygen atoms in total. The Morgan fingerprint density at radius 2 is 1.56 bits per heavy atom. The second-order valence-corrected chi connectivity index (χ2v) is 8.41. The molecule has 0 saturated carbocycles. The molecule has 2 aromatic rings. The maximum Gasteiger partial charge on any atom is 0.305 e. The molecule has 2 saturated heterocycles. The van der Waals surface area contributed by atoms with Gasteiger partial charge in [0.15, 0.2) is 6.10 Å². The summed E-state index contributed by atoms with van der Waals surface area (Å²) in [6.07, 6.45) is -2.45. The van der Waals surface area contributed by atoms with Gasteiger partial charge in [-0.1, -0.05) is 60.7 Å². The third-order valence-electron chi connectivity index (χ3n) is 6.17. The van der Waals surface area contributed by atoms with Crippen molar-refractivity contribution in [2.45, 2.75) is 64.1 Å². The lowest BCUT2D eigenvalue weighted by atomic mass is 9.78. The molecule has 2 aliphatic heterocycles. The van der Waals surface area contributed by atoms with Gasteiger partial charge in [0, 0.05) is 33.0 Å². The molecule has 32 heavy (non-hydrogen) atoms. The predicted octanol–water partition coefficient (Wildman–Crippen LogP) is 3.07. The number of ether oxygens (including phenoxy) is 4. The molecule has 0 aliphatic carbocycles. The third kappa shape index (κ3) is 4.55. The van der Waals surface area contributed by atoms with E-state index >= 15 is 0 Å². The van der Waals surface area contributed by atoms with Crippen molar-refractivity contribution in [3.8, 4) is 0 Å². The van der Waals surface area contributed by atoms with E-state index in [1.54, 1.807) is 0 Å². The Morgan fingerprint density at radius 3 is 2.12 bits per heavy atom. The summed E-state index contributed by atoms with van der Waals surface area (Å²) in [5.41, 5.74) is 1.43. The molecular weight excluding hydrogens is 410 g/mol. The number of carbonyl (C=O) groups is 2. The third-order valence-corrected chi connectivity index (χ3v) is 6.17. The average molecular weight is 440 g/mol. The molecule has 2 aromatic carbocycles. The molecule has 2 fully saturated rings. The van der Waals surface area contributed by atoms with E-state index in [1.165, 1.54) is 19.4 Å². The van der Waals surface area contributed by atoms with Gasteiger partial charge >= 0.3 is 11.9 Å². The van der Waals surface area contributed by atoms with E-state index in [0.29, 0.717) is 13.2 Å². The first-order valence-electron chi connectivity index (χ1n) is 10.8. The summed E-state index contributed by atoms with van der Waals surface area (Å²) in [5.74, 6) is -0.978. The van der Waals surface area contributed by atoms with Gasteiger partial charge in [0.1, 0.15) is 11.7 Å². The van der Waals surface area contributed by atoms with Crippen LogP contribution in [0.25, 0.3) is 0 Å². The van der Waals surface area contributed by atoms with E-state index in [9.17, 15) is 9.59 Å². The fourth-order valence-electron chi connectivity index (χ4n) is 4.59. The van der Waals surface area contributed by atoms with Crippen molar-refractivity contribution in [1.29, 1.82) is 0 Å². The van der Waals surface area contributed by atoms with Crippen LogP contribution in [-0.4, -0.2) is 53.5 Å². The van der Waals surface area contributed by atoms with Crippen molar-refractivity contribution in [2.75, 3.05) is 6.54 Å². The number of rotatable bonds is 7. The smallest absolute Gasteiger partial charge is 0.305 e. The minimum absolute atomic E-state index is 0.0397. The monoisotopic (exact) mass is 439 g/mol. The van der Waals surface area contributed by atoms with Gasteiger partial charge < -0.3 is 18.9 Å². The van der Waals surface area contributed by atoms with E-state index in [1.807, 2.05) is 48.5 Å². The van der Waals surface area contributed by atoms with Gasteiger partial charge in [-0.3, -0.25) is 14.5 Å². The van der Waals surface area contributed by atoms with Crippen molar-refractivity contribution >= 4 is 11.9 Å². The van der Waals surface area contributed by atoms with Gasteiger partial charge in [0.25, 0.3) is 0 Å². The zero-order chi connectivity index (χ0) is 22.7. The average Bonchev–Trinajstić information content (AvgIpc) is 3.06. The van der Waals surface area contributed by atoms with E-state index in [4.69, 9.17) is 18.9 Å². The van der Waals surface area contributed by atoms with Gasteiger partial charge in [0.2, 0.25) is 6.29 Å². The zero-order valence-corrected chi connectivity index (χ0v) is 18.6. The summed E-state index contributed by atoms with van der Waals surface area (Å²) in [7, 11) is 0. The summed E-state index contributed by atoms with van der Waals surface area (Å²) < 4.78 is 23.6. The fourth-order valence-corrected chi connectivity index (χ4v) is 4.59. The molecule has 0 aromatic heterocycles. The van der Waals surface area contributed by atoms with E-state index in [-0.39, 0.29) is 6.04 Å². The lowest BCUT2D eigenvalue weighted by Gasteiger charge is -2.55. The molecular formula is C25H29NO6. The normalized spacial score (nSPS) is 29.5. The quantitative estimate of drug-likeness (QED) is 0.614. The molecule has 2 aliphatic rings. The highest BCUT2D eigenvalue weighted by atomic mass is 16.8. The molecule has 2 heterocycles. The number of benzene rings is 2. The van der Waals surface area contributed by atoms with Crippen LogP contribution in [0.3, 0.4) is 0 Å². The van der Waals surface area contributed by atoms with Crippen LogP contribution >= 0.6 is 0 Å². The number of carbonyl (C=O) groups excluding carboxylic acids is 2. The molecule has 7 heteroatoms. The molecule has 170 valence electrons. The van der Waals surface area contributed by atoms with Crippen molar-refractivity contribution in [3.63, 3.8) is 0 Å². The van der Waals surface area contributed by atoms with E-state index < -0.39 is 36.0 Å². The van der Waals surface area contributed by atoms with Gasteiger partial charge in [-0.2, -0.15) is 0 Å². The van der Waals surface area contributed by atoms with Crippen molar-refractivity contribution in [2.24, 2.45) is 0 Å². The number of hydrogen-bond acceptors (Lipinski definition) is 7. The number of esters is 2. The van der Waals surface area contributed by atoms with Crippen LogP contribution in [0.5, 0.6) is 0 Å². The number of hydrogen-bond donors (Lipinski definition) is 0. The minimum atomic E-state index is -1.02. The van der Waals surface area contributed by atoms with Gasteiger partial charge in [-0.05, 0) is 18.1 Å². The van der Waals surface area contributed by atoms with Gasteiger partial charge in [0.05, 0.1) is 6.61 Å². The van der Waals surface area contributed by atoms with E-state index in [0.717, 1.165) is 12.1 Å². The first-order valence-corrected chi connectivity index (χ1v) is 10.8. The topological polar surface area (TPSA) is 74.3 Å². The Hall–Kier alpha value is -2.74. The Labute approximate surface area is 188 Å². The summed E-state index contributed by atoms with van der Waals surface area (Å²) in [6.45, 7) is 6.35. The van der Waals surface area contributed by atoms with Gasteiger partial charge in [-0.15, -0.1) is 0 Å². The molecule has 5 atom stereocenters. The first-order chi connectivity index (χ1) is 15.4. The van der Waals surface area contributed by atoms with Crippen molar-refractivity contribution < 1.29 is 28.5 Å². The molecule has 1 spiro atoms. The summed E-state index contributed by atoms with van der Waals surface area (Å²) in [5, 5.41) is 0. The summed E-state index contributed by atoms with van der Waals surface area (Å²) in [6, 6.07) is 19.9. The minimum Gasteiger partial charge on any atom is -0.453 e. The molecule has 0 N–H and O–H groups in total. The molecule has 0 bridgehead atoms. The lowest BCUT2D eigenvalue weighted by Crippen LogP contribution is -2.73. The van der Waals surface area contributed by atoms with Crippen LogP contribution in [-0.2, 0) is 41.7 Å². The zero-order valence-electron chi connectivity index (χ0n) is 18.6. The number of nitrogens with zero attached hydrogens (tertiary/aromatic N) is 1. The van der Waals surface area contributed by atoms with Crippen LogP contribution in [0.2, 0.25) is 0 Å². The van der Waals surface area contributed by atoms with E-state index in [2.05, 4.69) is 24.0 Å². The highest BCUT2D eigenvalue weighted by Gasteiger charge is 2.67. The SMILES string of the molecule is CC(=O)OC1O[C@@]2(CN(Cc3ccccc3)[C@H]2C)[C@H](OCc2ccccc2)[C@H]1OC(C)=O. The molecule has 0 radical (unpaired) electrons. The van der Waals surface area contributed by atoms with Crippen LogP contribution in [0, 0.1) is 0 Å². The van der Waals surface area contributed by atoms with Crippen LogP contribution < -0.4 is 0 Å². The Bertz CT molecular complexity index is 936. The Balaban J connectivity index is 1.57. The predicted molar refractivity (Wildman–Crippen MR) is 116 cm³/mol. The van der Waals surface area contributed by atoms with Crippen molar-refractivity contribution in [1.82, 2.24) is 4.90 Å². The molecule has 1 unspecified atom stereocenters. The number of likely N-dealkylation sites (tertiary alicyclic amines) is 1. The molecule has 0 amide bonds. The van der Waals surface area contributed by atoms with Crippen LogP contribution in [0.1, 0.15) is 31.9 Å². The fraction of sp³-hybridized carbons (Fsp3) is 0.440. The first kappa shape index (κ1) is 22.5. The largest absolute Gasteiger partial charge is 0.453 e. The second-order valence-electron chi connectivity index (χ2n) is 8.41. The standard InChI is InChI=1S/C25H29NO6/c1-17-25(16-26(17)14-20-10-6-4-7-11-20)23(29-15-21-12-8-5-9-13-21)22(30-18(2)27)24(32-25)31-19(3)28/h4-13,17,22-24H,14-16H2,1-3H3/t17-,22+,23+,24?,25+/m0/s1. The maximum atomic E-state index is 11.9. The Morgan fingerprint density at radius 1 is 0.969 bits per heavy atom. The Kier molecular flexibility index (Phi) is 6.60. The molecule has 4 rings (SSSR count). The van der Waals surface area contributed by atoms with Crippen LogP contribution in [0.15, 0.2) is 60.7 Å². The van der Waals surface area contributed by atoms with Gasteiger partial charge in [-0.25, -0.2) is 0 Å². The highest BCUT2D eigenvalue weighted by molar-refractivity contribution is 5.67. The summed E-state index contributed by atoms with van der Waals surface area (Å²) in [4.78, 5) is 25.9. The second kappa shape index (κ2) is 9.40. The summed E-state index contributed by atoms with van der Waals surface area (Å²) >= 11 is 0. The highest BCUT2D eigenvalue weighted by Crippen LogP contribution is 2.47. The van der Waals surface area contributed by atoms with Crippen LogP contribution in [0.4, 0.5) is 0 Å². The maximum absolute atomic E-state index is 11.9.